The number of nitrogens with one attached hydrogen (secondary N) is 2. The highest BCUT2D eigenvalue weighted by molar-refractivity contribution is 6.04. The van der Waals surface area contributed by atoms with Gasteiger partial charge in [-0.1, -0.05) is 12.1 Å². The Balaban J connectivity index is 1.37. The number of anilines is 3. The number of hydrogen-bond acceptors (Lipinski definition) is 5. The molecule has 3 amide bonds. The van der Waals surface area contributed by atoms with Crippen molar-refractivity contribution >= 4 is 34.8 Å². The summed E-state index contributed by atoms with van der Waals surface area (Å²) in [5.41, 5.74) is 1.80. The number of carbonyl (C=O) groups is 3. The molecule has 1 unspecified atom stereocenters. The first-order chi connectivity index (χ1) is 15.0. The van der Waals surface area contributed by atoms with Crippen LogP contribution in [-0.4, -0.2) is 31.4 Å². The monoisotopic (exact) mass is 419 g/mol. The number of nitrogens with zero attached hydrogens (tertiary/aromatic N) is 1. The Morgan fingerprint density at radius 1 is 1.00 bits per heavy atom. The lowest BCUT2D eigenvalue weighted by Gasteiger charge is -2.19. The Labute approximate surface area is 178 Å². The highest BCUT2D eigenvalue weighted by Crippen LogP contribution is 2.33. The maximum atomic E-state index is 12.7. The molecule has 0 bridgehead atoms. The SMILES string of the molecule is COc1ccccc1N1CC(C(=O)Nc2ccc(NC(=O)c3ccco3)cc2)CC1=O. The van der Waals surface area contributed by atoms with Crippen LogP contribution in [0.5, 0.6) is 5.75 Å². The molecule has 8 heteroatoms. The minimum Gasteiger partial charge on any atom is -0.495 e. The van der Waals surface area contributed by atoms with Gasteiger partial charge in [0.2, 0.25) is 11.8 Å². The fraction of sp³-hybridized carbons (Fsp3) is 0.174. The number of amides is 3. The van der Waals surface area contributed by atoms with Crippen molar-refractivity contribution in [1.82, 2.24) is 0 Å². The molecule has 158 valence electrons. The van der Waals surface area contributed by atoms with E-state index in [2.05, 4.69) is 10.6 Å². The van der Waals surface area contributed by atoms with Gasteiger partial charge in [-0.05, 0) is 48.5 Å². The first-order valence-electron chi connectivity index (χ1n) is 9.74. The van der Waals surface area contributed by atoms with Gasteiger partial charge in [-0.15, -0.1) is 0 Å². The smallest absolute Gasteiger partial charge is 0.291 e. The van der Waals surface area contributed by atoms with Gasteiger partial charge in [0, 0.05) is 24.3 Å². The molecule has 1 atom stereocenters. The second-order valence-corrected chi connectivity index (χ2v) is 7.08. The van der Waals surface area contributed by atoms with Crippen molar-refractivity contribution < 1.29 is 23.5 Å². The highest BCUT2D eigenvalue weighted by Gasteiger charge is 2.36. The van der Waals surface area contributed by atoms with Gasteiger partial charge in [-0.3, -0.25) is 14.4 Å². The van der Waals surface area contributed by atoms with Gasteiger partial charge >= 0.3 is 0 Å². The molecule has 31 heavy (non-hydrogen) atoms. The minimum atomic E-state index is -0.476. The lowest BCUT2D eigenvalue weighted by atomic mass is 10.1. The average Bonchev–Trinajstić information content (AvgIpc) is 3.45. The van der Waals surface area contributed by atoms with E-state index in [9.17, 15) is 14.4 Å². The van der Waals surface area contributed by atoms with E-state index in [1.807, 2.05) is 12.1 Å². The summed E-state index contributed by atoms with van der Waals surface area (Å²) < 4.78 is 10.4. The molecule has 0 aliphatic carbocycles. The van der Waals surface area contributed by atoms with Gasteiger partial charge in [0.1, 0.15) is 5.75 Å². The zero-order valence-corrected chi connectivity index (χ0v) is 16.8. The lowest BCUT2D eigenvalue weighted by Crippen LogP contribution is -2.28. The van der Waals surface area contributed by atoms with Gasteiger partial charge in [-0.2, -0.15) is 0 Å². The van der Waals surface area contributed by atoms with Crippen LogP contribution in [0.25, 0.3) is 0 Å². The van der Waals surface area contributed by atoms with E-state index in [0.717, 1.165) is 0 Å². The first-order valence-corrected chi connectivity index (χ1v) is 9.74. The molecular formula is C23H21N3O5. The van der Waals surface area contributed by atoms with E-state index in [1.165, 1.54) is 6.26 Å². The van der Waals surface area contributed by atoms with Crippen LogP contribution in [0.15, 0.2) is 71.3 Å². The van der Waals surface area contributed by atoms with Crippen molar-refractivity contribution in [3.63, 3.8) is 0 Å². The summed E-state index contributed by atoms with van der Waals surface area (Å²) in [7, 11) is 1.55. The van der Waals surface area contributed by atoms with Gasteiger partial charge in [-0.25, -0.2) is 0 Å². The number of rotatable bonds is 6. The van der Waals surface area contributed by atoms with Crippen LogP contribution in [-0.2, 0) is 9.59 Å². The number of carbonyl (C=O) groups excluding carboxylic acids is 3. The van der Waals surface area contributed by atoms with Crippen LogP contribution in [0, 0.1) is 5.92 Å². The molecule has 8 nitrogen and oxygen atoms in total. The van der Waals surface area contributed by atoms with Crippen LogP contribution in [0.2, 0.25) is 0 Å². The van der Waals surface area contributed by atoms with Crippen LogP contribution >= 0.6 is 0 Å². The Bertz CT molecular complexity index is 1090. The quantitative estimate of drug-likeness (QED) is 0.637. The van der Waals surface area contributed by atoms with E-state index in [0.29, 0.717) is 22.8 Å². The van der Waals surface area contributed by atoms with Crippen molar-refractivity contribution in [3.05, 3.63) is 72.7 Å². The van der Waals surface area contributed by atoms with Crippen molar-refractivity contribution in [2.24, 2.45) is 5.92 Å². The standard InChI is InChI=1S/C23H21N3O5/c1-30-19-6-3-2-5-18(19)26-14-15(13-21(26)27)22(28)24-16-8-10-17(11-9-16)25-23(29)20-7-4-12-31-20/h2-12,15H,13-14H2,1H3,(H,24,28)(H,25,29). The van der Waals surface area contributed by atoms with E-state index in [-0.39, 0.29) is 36.4 Å². The molecule has 3 aromatic rings. The highest BCUT2D eigenvalue weighted by atomic mass is 16.5. The molecule has 0 radical (unpaired) electrons. The van der Waals surface area contributed by atoms with Crippen LogP contribution < -0.4 is 20.3 Å². The largest absolute Gasteiger partial charge is 0.495 e. The number of hydrogen-bond donors (Lipinski definition) is 2. The predicted octanol–water partition coefficient (Wildman–Crippen LogP) is 3.53. The molecule has 0 spiro atoms. The normalized spacial score (nSPS) is 15.6. The topological polar surface area (TPSA) is 101 Å². The number of benzene rings is 2. The molecule has 2 aromatic carbocycles. The maximum Gasteiger partial charge on any atom is 0.291 e. The lowest BCUT2D eigenvalue weighted by molar-refractivity contribution is -0.122. The number of para-hydroxylation sites is 2. The summed E-state index contributed by atoms with van der Waals surface area (Å²) >= 11 is 0. The molecular weight excluding hydrogens is 398 g/mol. The number of furan rings is 1. The van der Waals surface area contributed by atoms with Gasteiger partial charge in [0.15, 0.2) is 5.76 Å². The van der Waals surface area contributed by atoms with E-state index >= 15 is 0 Å². The number of ether oxygens (including phenoxy) is 1. The maximum absolute atomic E-state index is 12.7. The average molecular weight is 419 g/mol. The molecule has 2 N–H and O–H groups in total. The third-order valence-corrected chi connectivity index (χ3v) is 5.03. The Morgan fingerprint density at radius 3 is 2.39 bits per heavy atom. The van der Waals surface area contributed by atoms with Gasteiger partial charge < -0.3 is 24.7 Å². The number of methoxy groups -OCH3 is 1. The second kappa shape index (κ2) is 8.74. The molecule has 1 aliphatic heterocycles. The second-order valence-electron chi connectivity index (χ2n) is 7.08. The summed E-state index contributed by atoms with van der Waals surface area (Å²) in [6, 6.07) is 17.2. The first kappa shape index (κ1) is 20.2. The predicted molar refractivity (Wildman–Crippen MR) is 115 cm³/mol. The van der Waals surface area contributed by atoms with Crippen molar-refractivity contribution in [2.75, 3.05) is 29.2 Å². The molecule has 1 fully saturated rings. The zero-order chi connectivity index (χ0) is 21.8. The molecule has 0 saturated carbocycles. The molecule has 1 aromatic heterocycles. The molecule has 1 aliphatic rings. The summed E-state index contributed by atoms with van der Waals surface area (Å²) in [5.74, 6) is -0.399. The summed E-state index contributed by atoms with van der Waals surface area (Å²) in [5, 5.41) is 5.54. The fourth-order valence-corrected chi connectivity index (χ4v) is 3.45. The molecule has 2 heterocycles. The van der Waals surface area contributed by atoms with E-state index < -0.39 is 5.92 Å². The molecule has 1 saturated heterocycles. The van der Waals surface area contributed by atoms with Crippen molar-refractivity contribution in [3.8, 4) is 5.75 Å². The van der Waals surface area contributed by atoms with Crippen LogP contribution in [0.3, 0.4) is 0 Å². The minimum absolute atomic E-state index is 0.124. The zero-order valence-electron chi connectivity index (χ0n) is 16.8. The Hall–Kier alpha value is -4.07. The Kier molecular flexibility index (Phi) is 5.70. The summed E-state index contributed by atoms with van der Waals surface area (Å²) in [6.07, 6.45) is 1.55. The van der Waals surface area contributed by atoms with Gasteiger partial charge in [0.25, 0.3) is 5.91 Å². The third kappa shape index (κ3) is 4.42. The van der Waals surface area contributed by atoms with Crippen LogP contribution in [0.1, 0.15) is 17.0 Å². The van der Waals surface area contributed by atoms with Crippen LogP contribution in [0.4, 0.5) is 17.1 Å². The van der Waals surface area contributed by atoms with E-state index in [4.69, 9.17) is 9.15 Å². The fourth-order valence-electron chi connectivity index (χ4n) is 3.45. The van der Waals surface area contributed by atoms with Gasteiger partial charge in [0.05, 0.1) is 25.0 Å². The summed E-state index contributed by atoms with van der Waals surface area (Å²) in [4.78, 5) is 38.8. The Morgan fingerprint density at radius 2 is 1.71 bits per heavy atom. The van der Waals surface area contributed by atoms with Crippen molar-refractivity contribution in [2.45, 2.75) is 6.42 Å². The summed E-state index contributed by atoms with van der Waals surface area (Å²) in [6.45, 7) is 0.280. The van der Waals surface area contributed by atoms with Crippen molar-refractivity contribution in [1.29, 1.82) is 0 Å². The van der Waals surface area contributed by atoms with E-state index in [1.54, 1.807) is 60.5 Å². The molecule has 4 rings (SSSR count). The third-order valence-electron chi connectivity index (χ3n) is 5.03.